The zero-order valence-corrected chi connectivity index (χ0v) is 26.6. The Labute approximate surface area is 272 Å². The summed E-state index contributed by atoms with van der Waals surface area (Å²) < 4.78 is 23.4. The zero-order chi connectivity index (χ0) is 32.8. The molecule has 5 rings (SSSR count). The predicted molar refractivity (Wildman–Crippen MR) is 176 cm³/mol. The van der Waals surface area contributed by atoms with Gasteiger partial charge in [0.2, 0.25) is 0 Å². The third-order valence-corrected chi connectivity index (χ3v) is 7.62. The highest BCUT2D eigenvalue weighted by Gasteiger charge is 2.37. The molecule has 0 atom stereocenters. The van der Waals surface area contributed by atoms with Gasteiger partial charge in [-0.25, -0.2) is 9.69 Å². The third-order valence-electron chi connectivity index (χ3n) is 7.34. The Morgan fingerprint density at radius 3 is 2.26 bits per heavy atom. The number of aryl methyl sites for hydroxylation is 2. The Morgan fingerprint density at radius 1 is 0.783 bits per heavy atom. The molecule has 0 bridgehead atoms. The molecule has 0 spiro atoms. The summed E-state index contributed by atoms with van der Waals surface area (Å²) in [6.07, 6.45) is 1.36. The van der Waals surface area contributed by atoms with Crippen molar-refractivity contribution in [2.45, 2.75) is 34.0 Å². The molecular weight excluding hydrogens is 608 g/mol. The summed E-state index contributed by atoms with van der Waals surface area (Å²) in [5, 5.41) is 2.44. The number of hydrogen-bond acceptors (Lipinski definition) is 7. The standard InChI is InChI=1S/C36H33ClN2O7/c1-5-44-31-18-25(12-14-30(31)45-20-24-9-7-6-8-10-24)21-46-33-29(37)17-26(19-32(33)43-4)16-28-34(40)38-36(42)39(35(28)41)27-13-11-22(2)23(3)15-27/h6-19H,5,20-21H2,1-4H3,(H,38,40,42)/b28-16-. The highest BCUT2D eigenvalue weighted by Crippen LogP contribution is 2.38. The van der Waals surface area contributed by atoms with Gasteiger partial charge < -0.3 is 18.9 Å². The van der Waals surface area contributed by atoms with Crippen molar-refractivity contribution in [3.05, 3.63) is 117 Å². The summed E-state index contributed by atoms with van der Waals surface area (Å²) in [5.74, 6) is 0.198. The van der Waals surface area contributed by atoms with Crippen LogP contribution in [0.4, 0.5) is 10.5 Å². The highest BCUT2D eigenvalue weighted by atomic mass is 35.5. The van der Waals surface area contributed by atoms with E-state index in [9.17, 15) is 14.4 Å². The first-order chi connectivity index (χ1) is 22.2. The third kappa shape index (κ3) is 7.16. The molecule has 0 aromatic heterocycles. The van der Waals surface area contributed by atoms with Gasteiger partial charge in [-0.1, -0.05) is 54.1 Å². The first-order valence-electron chi connectivity index (χ1n) is 14.6. The second-order valence-electron chi connectivity index (χ2n) is 10.5. The van der Waals surface area contributed by atoms with Crippen molar-refractivity contribution >= 4 is 41.2 Å². The van der Waals surface area contributed by atoms with Crippen molar-refractivity contribution in [3.8, 4) is 23.0 Å². The molecule has 10 heteroatoms. The van der Waals surface area contributed by atoms with Gasteiger partial charge in [-0.2, -0.15) is 0 Å². The van der Waals surface area contributed by atoms with Crippen LogP contribution in [0.2, 0.25) is 5.02 Å². The van der Waals surface area contributed by atoms with Crippen LogP contribution in [0.25, 0.3) is 6.08 Å². The minimum absolute atomic E-state index is 0.142. The molecule has 9 nitrogen and oxygen atoms in total. The van der Waals surface area contributed by atoms with Crippen molar-refractivity contribution in [1.29, 1.82) is 0 Å². The van der Waals surface area contributed by atoms with E-state index in [0.717, 1.165) is 27.2 Å². The molecule has 0 radical (unpaired) electrons. The van der Waals surface area contributed by atoms with Crippen LogP contribution in [0, 0.1) is 13.8 Å². The lowest BCUT2D eigenvalue weighted by molar-refractivity contribution is -0.122. The van der Waals surface area contributed by atoms with Crippen molar-refractivity contribution < 1.29 is 33.3 Å². The number of ether oxygens (including phenoxy) is 4. The molecule has 1 aliphatic heterocycles. The molecule has 236 valence electrons. The number of methoxy groups -OCH3 is 1. The van der Waals surface area contributed by atoms with Gasteiger partial charge >= 0.3 is 6.03 Å². The number of imide groups is 2. The Morgan fingerprint density at radius 2 is 1.54 bits per heavy atom. The number of carbonyl (C=O) groups is 3. The van der Waals surface area contributed by atoms with E-state index in [1.54, 1.807) is 30.3 Å². The number of barbiturate groups is 1. The Kier molecular flexibility index (Phi) is 9.93. The van der Waals surface area contributed by atoms with Crippen LogP contribution < -0.4 is 29.2 Å². The fourth-order valence-corrected chi connectivity index (χ4v) is 5.08. The number of anilines is 1. The topological polar surface area (TPSA) is 103 Å². The Bertz CT molecular complexity index is 1820. The van der Waals surface area contributed by atoms with Crippen LogP contribution in [-0.2, 0) is 22.8 Å². The van der Waals surface area contributed by atoms with Gasteiger partial charge in [0.05, 0.1) is 24.4 Å². The number of carbonyl (C=O) groups excluding carboxylic acids is 3. The fourth-order valence-electron chi connectivity index (χ4n) is 4.81. The van der Waals surface area contributed by atoms with Crippen LogP contribution in [0.5, 0.6) is 23.0 Å². The number of amides is 4. The van der Waals surface area contributed by atoms with Crippen LogP contribution in [0.15, 0.2) is 84.4 Å². The minimum atomic E-state index is -0.821. The van der Waals surface area contributed by atoms with E-state index < -0.39 is 17.8 Å². The second-order valence-corrected chi connectivity index (χ2v) is 10.9. The maximum atomic E-state index is 13.4. The molecule has 46 heavy (non-hydrogen) atoms. The van der Waals surface area contributed by atoms with Crippen molar-refractivity contribution in [2.24, 2.45) is 0 Å². The highest BCUT2D eigenvalue weighted by molar-refractivity contribution is 6.39. The lowest BCUT2D eigenvalue weighted by atomic mass is 10.0. The fraction of sp³-hybridized carbons (Fsp3) is 0.194. The summed E-state index contributed by atoms with van der Waals surface area (Å²) in [5.41, 5.74) is 4.27. The van der Waals surface area contributed by atoms with Crippen molar-refractivity contribution in [2.75, 3.05) is 18.6 Å². The van der Waals surface area contributed by atoms with Crippen LogP contribution in [0.1, 0.15) is 34.7 Å². The Balaban J connectivity index is 1.35. The number of nitrogens with zero attached hydrogens (tertiary/aromatic N) is 1. The van der Waals surface area contributed by atoms with E-state index in [1.165, 1.54) is 13.2 Å². The van der Waals surface area contributed by atoms with Crippen LogP contribution in [-0.4, -0.2) is 31.6 Å². The van der Waals surface area contributed by atoms with Gasteiger partial charge in [0.25, 0.3) is 11.8 Å². The van der Waals surface area contributed by atoms with Gasteiger partial charge in [-0.3, -0.25) is 14.9 Å². The Hall–Kier alpha value is -5.28. The summed E-state index contributed by atoms with van der Waals surface area (Å²) in [6.45, 7) is 6.70. The molecule has 0 saturated carbocycles. The van der Waals surface area contributed by atoms with Crippen LogP contribution >= 0.6 is 11.6 Å². The number of rotatable bonds is 11. The van der Waals surface area contributed by atoms with Crippen LogP contribution in [0.3, 0.4) is 0 Å². The predicted octanol–water partition coefficient (Wildman–Crippen LogP) is 7.19. The maximum absolute atomic E-state index is 13.4. The molecule has 1 saturated heterocycles. The summed E-state index contributed by atoms with van der Waals surface area (Å²) in [7, 11) is 1.46. The smallest absolute Gasteiger partial charge is 0.335 e. The normalized spacial score (nSPS) is 13.9. The number of nitrogens with one attached hydrogen (secondary N) is 1. The van der Waals surface area contributed by atoms with Gasteiger partial charge in [-0.05, 0) is 91.1 Å². The summed E-state index contributed by atoms with van der Waals surface area (Å²) in [6, 6.07) is 22.9. The SMILES string of the molecule is CCOc1cc(COc2c(Cl)cc(/C=C3/C(=O)NC(=O)N(c4ccc(C)c(C)c4)C3=O)cc2OC)ccc1OCc1ccccc1. The number of halogens is 1. The number of urea groups is 1. The lowest BCUT2D eigenvalue weighted by Gasteiger charge is -2.27. The molecule has 1 heterocycles. The molecule has 4 amide bonds. The molecule has 4 aromatic rings. The van der Waals surface area contributed by atoms with Gasteiger partial charge in [0.15, 0.2) is 23.0 Å². The quantitative estimate of drug-likeness (QED) is 0.137. The van der Waals surface area contributed by atoms with E-state index in [-0.39, 0.29) is 28.7 Å². The van der Waals surface area contributed by atoms with E-state index in [0.29, 0.717) is 36.0 Å². The lowest BCUT2D eigenvalue weighted by Crippen LogP contribution is -2.54. The van der Waals surface area contributed by atoms with E-state index in [2.05, 4.69) is 5.32 Å². The zero-order valence-electron chi connectivity index (χ0n) is 25.9. The molecule has 1 aliphatic rings. The largest absolute Gasteiger partial charge is 0.493 e. The molecule has 1 N–H and O–H groups in total. The number of benzene rings is 4. The maximum Gasteiger partial charge on any atom is 0.335 e. The average Bonchev–Trinajstić information content (AvgIpc) is 3.04. The van der Waals surface area contributed by atoms with Gasteiger partial charge in [0.1, 0.15) is 18.8 Å². The first kappa shape index (κ1) is 32.1. The molecule has 4 aromatic carbocycles. The molecule has 1 fully saturated rings. The summed E-state index contributed by atoms with van der Waals surface area (Å²) >= 11 is 6.63. The first-order valence-corrected chi connectivity index (χ1v) is 15.0. The minimum Gasteiger partial charge on any atom is -0.493 e. The van der Waals surface area contributed by atoms with Gasteiger partial charge in [0, 0.05) is 0 Å². The number of hydrogen-bond donors (Lipinski definition) is 1. The molecular formula is C36H33ClN2O7. The van der Waals surface area contributed by atoms with E-state index >= 15 is 0 Å². The van der Waals surface area contributed by atoms with Gasteiger partial charge in [-0.15, -0.1) is 0 Å². The van der Waals surface area contributed by atoms with Crippen molar-refractivity contribution in [3.63, 3.8) is 0 Å². The molecule has 0 unspecified atom stereocenters. The van der Waals surface area contributed by atoms with E-state index in [4.69, 9.17) is 30.5 Å². The summed E-state index contributed by atoms with van der Waals surface area (Å²) in [4.78, 5) is 39.7. The van der Waals surface area contributed by atoms with Crippen molar-refractivity contribution in [1.82, 2.24) is 5.32 Å². The van der Waals surface area contributed by atoms with E-state index in [1.807, 2.05) is 69.3 Å². The average molecular weight is 641 g/mol. The second kappa shape index (κ2) is 14.2. The monoisotopic (exact) mass is 640 g/mol. The molecule has 0 aliphatic carbocycles.